The van der Waals surface area contributed by atoms with Crippen LogP contribution in [0.3, 0.4) is 0 Å². The Balaban J connectivity index is 1.79. The summed E-state index contributed by atoms with van der Waals surface area (Å²) in [5.74, 6) is 0.405. The zero-order valence-electron chi connectivity index (χ0n) is 12.5. The van der Waals surface area contributed by atoms with Crippen molar-refractivity contribution in [2.45, 2.75) is 32.4 Å². The molecule has 2 atom stereocenters. The monoisotopic (exact) mass is 293 g/mol. The second kappa shape index (κ2) is 7.52. The molecule has 1 amide bonds. The molecule has 0 aromatic heterocycles. The number of hydrogen-bond acceptors (Lipinski definition) is 3. The van der Waals surface area contributed by atoms with Crippen molar-refractivity contribution in [2.75, 3.05) is 19.6 Å². The normalized spacial score (nSPS) is 23.0. The first-order valence-electron chi connectivity index (χ1n) is 7.53. The van der Waals surface area contributed by atoms with Gasteiger partial charge in [0.05, 0.1) is 6.54 Å². The maximum atomic E-state index is 12.8. The minimum atomic E-state index is -0.265. The number of halogens is 1. The van der Waals surface area contributed by atoms with Gasteiger partial charge in [0.25, 0.3) is 0 Å². The molecule has 3 N–H and O–H groups in total. The predicted molar refractivity (Wildman–Crippen MR) is 81.1 cm³/mol. The molecule has 0 aliphatic carbocycles. The molecule has 2 unspecified atom stereocenters. The summed E-state index contributed by atoms with van der Waals surface area (Å²) >= 11 is 0. The first-order valence-corrected chi connectivity index (χ1v) is 7.53. The van der Waals surface area contributed by atoms with Crippen molar-refractivity contribution in [1.82, 2.24) is 10.2 Å². The van der Waals surface area contributed by atoms with E-state index >= 15 is 0 Å². The van der Waals surface area contributed by atoms with Gasteiger partial charge in [0.1, 0.15) is 5.82 Å². The van der Waals surface area contributed by atoms with Crippen LogP contribution in [0.25, 0.3) is 0 Å². The molecular formula is C16H24FN3O. The molecule has 116 valence electrons. The highest BCUT2D eigenvalue weighted by Gasteiger charge is 2.26. The van der Waals surface area contributed by atoms with Crippen LogP contribution in [-0.4, -0.2) is 36.5 Å². The van der Waals surface area contributed by atoms with Gasteiger partial charge in [0.2, 0.25) is 5.91 Å². The van der Waals surface area contributed by atoms with Gasteiger partial charge in [-0.1, -0.05) is 19.1 Å². The average molecular weight is 293 g/mol. The van der Waals surface area contributed by atoms with Gasteiger partial charge in [-0.25, -0.2) is 4.39 Å². The molecule has 21 heavy (non-hydrogen) atoms. The van der Waals surface area contributed by atoms with Crippen LogP contribution in [-0.2, 0) is 11.3 Å². The maximum Gasteiger partial charge on any atom is 0.234 e. The number of piperidine rings is 1. The van der Waals surface area contributed by atoms with Crippen LogP contribution in [0.15, 0.2) is 24.3 Å². The summed E-state index contributed by atoms with van der Waals surface area (Å²) in [7, 11) is 0. The molecule has 0 saturated carbocycles. The van der Waals surface area contributed by atoms with E-state index in [1.807, 2.05) is 0 Å². The third kappa shape index (κ3) is 4.79. The lowest BCUT2D eigenvalue weighted by atomic mass is 9.92. The summed E-state index contributed by atoms with van der Waals surface area (Å²) in [6.45, 7) is 4.56. The number of benzene rings is 1. The van der Waals surface area contributed by atoms with Gasteiger partial charge in [-0.3, -0.25) is 9.69 Å². The molecular weight excluding hydrogens is 269 g/mol. The van der Waals surface area contributed by atoms with Crippen LogP contribution in [0.4, 0.5) is 4.39 Å². The minimum Gasteiger partial charge on any atom is -0.351 e. The molecule has 0 bridgehead atoms. The number of nitrogens with two attached hydrogens (primary N) is 1. The van der Waals surface area contributed by atoms with Crippen LogP contribution in [0.1, 0.15) is 25.3 Å². The number of amides is 1. The van der Waals surface area contributed by atoms with Crippen molar-refractivity contribution >= 4 is 5.91 Å². The van der Waals surface area contributed by atoms with Crippen LogP contribution in [0.2, 0.25) is 0 Å². The molecule has 4 nitrogen and oxygen atoms in total. The first kappa shape index (κ1) is 15.9. The summed E-state index contributed by atoms with van der Waals surface area (Å²) in [5.41, 5.74) is 6.70. The van der Waals surface area contributed by atoms with E-state index in [1.54, 1.807) is 12.1 Å². The van der Waals surface area contributed by atoms with E-state index in [0.717, 1.165) is 24.9 Å². The van der Waals surface area contributed by atoms with Gasteiger partial charge in [-0.15, -0.1) is 0 Å². The highest BCUT2D eigenvalue weighted by atomic mass is 19.1. The lowest BCUT2D eigenvalue weighted by molar-refractivity contribution is -0.123. The summed E-state index contributed by atoms with van der Waals surface area (Å²) in [4.78, 5) is 14.2. The second-order valence-corrected chi connectivity index (χ2v) is 5.89. The minimum absolute atomic E-state index is 0.00710. The molecule has 1 aliphatic heterocycles. The number of likely N-dealkylation sites (tertiary alicyclic amines) is 1. The van der Waals surface area contributed by atoms with Crippen molar-refractivity contribution in [3.05, 3.63) is 35.6 Å². The number of rotatable bonds is 5. The fraction of sp³-hybridized carbons (Fsp3) is 0.562. The fourth-order valence-electron chi connectivity index (χ4n) is 2.80. The molecule has 2 rings (SSSR count). The second-order valence-electron chi connectivity index (χ2n) is 5.89. The quantitative estimate of drug-likeness (QED) is 0.865. The van der Waals surface area contributed by atoms with Gasteiger partial charge in [0.15, 0.2) is 0 Å². The van der Waals surface area contributed by atoms with Gasteiger partial charge < -0.3 is 11.1 Å². The molecule has 0 spiro atoms. The molecule has 1 aliphatic rings. The van der Waals surface area contributed by atoms with Crippen molar-refractivity contribution in [2.24, 2.45) is 11.7 Å². The molecule has 1 heterocycles. The average Bonchev–Trinajstić information content (AvgIpc) is 2.48. The van der Waals surface area contributed by atoms with Crippen molar-refractivity contribution in [1.29, 1.82) is 0 Å². The van der Waals surface area contributed by atoms with Gasteiger partial charge in [-0.2, -0.15) is 0 Å². The predicted octanol–water partition coefficient (Wildman–Crippen LogP) is 1.50. The Kier molecular flexibility index (Phi) is 5.70. The van der Waals surface area contributed by atoms with Crippen molar-refractivity contribution < 1.29 is 9.18 Å². The summed E-state index contributed by atoms with van der Waals surface area (Å²) in [6, 6.07) is 6.46. The molecule has 0 radical (unpaired) electrons. The van der Waals surface area contributed by atoms with E-state index in [2.05, 4.69) is 17.1 Å². The van der Waals surface area contributed by atoms with Gasteiger partial charge >= 0.3 is 0 Å². The molecule has 5 heteroatoms. The summed E-state index contributed by atoms with van der Waals surface area (Å²) in [5, 5.41) is 2.88. The van der Waals surface area contributed by atoms with Crippen LogP contribution >= 0.6 is 0 Å². The number of nitrogens with zero attached hydrogens (tertiary/aromatic N) is 1. The van der Waals surface area contributed by atoms with Gasteiger partial charge in [0, 0.05) is 19.1 Å². The third-order valence-corrected chi connectivity index (χ3v) is 4.12. The topological polar surface area (TPSA) is 58.4 Å². The summed E-state index contributed by atoms with van der Waals surface area (Å²) < 4.78 is 12.8. The molecule has 1 saturated heterocycles. The van der Waals surface area contributed by atoms with E-state index in [1.165, 1.54) is 12.1 Å². The van der Waals surface area contributed by atoms with Gasteiger partial charge in [-0.05, 0) is 43.0 Å². The largest absolute Gasteiger partial charge is 0.351 e. The van der Waals surface area contributed by atoms with Crippen molar-refractivity contribution in [3.8, 4) is 0 Å². The first-order chi connectivity index (χ1) is 10.1. The van der Waals surface area contributed by atoms with Crippen LogP contribution in [0.5, 0.6) is 0 Å². The SMILES string of the molecule is CC1CCN(CC(=O)NCc2ccc(F)cc2)C(CN)C1. The lowest BCUT2D eigenvalue weighted by Crippen LogP contribution is -2.50. The third-order valence-electron chi connectivity index (χ3n) is 4.12. The zero-order valence-corrected chi connectivity index (χ0v) is 12.5. The van der Waals surface area contributed by atoms with E-state index in [0.29, 0.717) is 31.6 Å². The smallest absolute Gasteiger partial charge is 0.234 e. The number of nitrogens with one attached hydrogen (secondary N) is 1. The molecule has 1 aromatic carbocycles. The zero-order chi connectivity index (χ0) is 15.2. The number of carbonyl (C=O) groups is 1. The summed E-state index contributed by atoms with van der Waals surface area (Å²) in [6.07, 6.45) is 2.17. The molecule has 1 fully saturated rings. The Hall–Kier alpha value is -1.46. The highest BCUT2D eigenvalue weighted by Crippen LogP contribution is 2.21. The standard InChI is InChI=1S/C16H24FN3O/c1-12-6-7-20(15(8-12)9-18)11-16(21)19-10-13-2-4-14(17)5-3-13/h2-5,12,15H,6-11,18H2,1H3,(H,19,21). The maximum absolute atomic E-state index is 12.8. The van der Waals surface area contributed by atoms with E-state index in [4.69, 9.17) is 5.73 Å². The van der Waals surface area contributed by atoms with E-state index in [9.17, 15) is 9.18 Å². The molecule has 1 aromatic rings. The van der Waals surface area contributed by atoms with Crippen molar-refractivity contribution in [3.63, 3.8) is 0 Å². The number of carbonyl (C=O) groups excluding carboxylic acids is 1. The number of hydrogen-bond donors (Lipinski definition) is 2. The Bertz CT molecular complexity index is 463. The van der Waals surface area contributed by atoms with E-state index in [-0.39, 0.29) is 11.7 Å². The lowest BCUT2D eigenvalue weighted by Gasteiger charge is -2.37. The highest BCUT2D eigenvalue weighted by molar-refractivity contribution is 5.78. The van der Waals surface area contributed by atoms with Crippen LogP contribution < -0.4 is 11.1 Å². The van der Waals surface area contributed by atoms with E-state index < -0.39 is 0 Å². The van der Waals surface area contributed by atoms with Crippen LogP contribution in [0, 0.1) is 11.7 Å². The Morgan fingerprint density at radius 2 is 2.14 bits per heavy atom. The fourth-order valence-corrected chi connectivity index (χ4v) is 2.80. The Labute approximate surface area is 125 Å². The Morgan fingerprint density at radius 1 is 1.43 bits per heavy atom. The Morgan fingerprint density at radius 3 is 2.81 bits per heavy atom.